The third-order valence-corrected chi connectivity index (χ3v) is 4.97. The van der Waals surface area contributed by atoms with Gasteiger partial charge in [-0.15, -0.1) is 0 Å². The summed E-state index contributed by atoms with van der Waals surface area (Å²) in [4.78, 5) is 18.8. The highest BCUT2D eigenvalue weighted by Gasteiger charge is 2.34. The van der Waals surface area contributed by atoms with Gasteiger partial charge in [0.2, 0.25) is 5.91 Å². The maximum atomic E-state index is 12.5. The maximum absolute atomic E-state index is 12.5. The summed E-state index contributed by atoms with van der Waals surface area (Å²) < 4.78 is 5.37. The largest absolute Gasteiger partial charge is 0.334 e. The average molecular weight is 358 g/mol. The van der Waals surface area contributed by atoms with Crippen molar-refractivity contribution in [1.82, 2.24) is 10.1 Å². The molecule has 0 spiro atoms. The molecule has 134 valence electrons. The zero-order valence-electron chi connectivity index (χ0n) is 15.1. The lowest BCUT2D eigenvalue weighted by Gasteiger charge is -2.17. The number of benzene rings is 2. The van der Waals surface area contributed by atoms with Crippen LogP contribution >= 0.6 is 0 Å². The first-order valence-electron chi connectivity index (χ1n) is 8.77. The smallest absolute Gasteiger partial charge is 0.257 e. The molecule has 27 heavy (non-hydrogen) atoms. The molecule has 2 heterocycles. The molecule has 0 N–H and O–H groups in total. The number of hydrogen-bond donors (Lipinski definition) is 0. The van der Waals surface area contributed by atoms with E-state index in [1.165, 1.54) is 5.56 Å². The summed E-state index contributed by atoms with van der Waals surface area (Å²) in [6.07, 6.45) is 0.351. The maximum Gasteiger partial charge on any atom is 0.257 e. The van der Waals surface area contributed by atoms with Crippen molar-refractivity contribution < 1.29 is 9.32 Å². The first-order valence-corrected chi connectivity index (χ1v) is 8.77. The van der Waals surface area contributed by atoms with Crippen LogP contribution in [0.25, 0.3) is 11.5 Å². The molecule has 1 aromatic heterocycles. The molecule has 0 aliphatic carbocycles. The quantitative estimate of drug-likeness (QED) is 0.712. The van der Waals surface area contributed by atoms with E-state index in [9.17, 15) is 4.79 Å². The normalized spacial score (nSPS) is 16.6. The molecule has 1 unspecified atom stereocenters. The summed E-state index contributed by atoms with van der Waals surface area (Å²) in [5, 5.41) is 13.1. The van der Waals surface area contributed by atoms with Crippen LogP contribution in [0.5, 0.6) is 0 Å². The Hall–Kier alpha value is -3.46. The van der Waals surface area contributed by atoms with Crippen molar-refractivity contribution in [2.24, 2.45) is 0 Å². The first-order chi connectivity index (χ1) is 13.0. The predicted molar refractivity (Wildman–Crippen MR) is 100 cm³/mol. The Morgan fingerprint density at radius 1 is 1.19 bits per heavy atom. The fraction of sp³-hybridized carbons (Fsp3) is 0.238. The Morgan fingerprint density at radius 2 is 2.04 bits per heavy atom. The Morgan fingerprint density at radius 3 is 2.81 bits per heavy atom. The number of rotatable bonds is 3. The molecule has 1 saturated heterocycles. The number of anilines is 1. The van der Waals surface area contributed by atoms with E-state index in [1.807, 2.05) is 31.2 Å². The average Bonchev–Trinajstić information content (AvgIpc) is 3.31. The molecule has 1 aliphatic rings. The highest BCUT2D eigenvalue weighted by atomic mass is 16.5. The molecule has 1 fully saturated rings. The minimum Gasteiger partial charge on any atom is -0.334 e. The van der Waals surface area contributed by atoms with Gasteiger partial charge in [0.25, 0.3) is 5.89 Å². The number of carbonyl (C=O) groups is 1. The van der Waals surface area contributed by atoms with E-state index < -0.39 is 0 Å². The number of aromatic nitrogens is 2. The van der Waals surface area contributed by atoms with Gasteiger partial charge in [0.15, 0.2) is 5.82 Å². The summed E-state index contributed by atoms with van der Waals surface area (Å²) >= 11 is 0. The van der Waals surface area contributed by atoms with E-state index in [1.54, 1.807) is 23.1 Å². The van der Waals surface area contributed by atoms with Crippen LogP contribution in [0.4, 0.5) is 5.69 Å². The van der Waals surface area contributed by atoms with Crippen LogP contribution in [0.2, 0.25) is 0 Å². The van der Waals surface area contributed by atoms with Gasteiger partial charge in [-0.1, -0.05) is 17.3 Å². The zero-order chi connectivity index (χ0) is 19.0. The van der Waals surface area contributed by atoms with Crippen molar-refractivity contribution in [3.8, 4) is 17.5 Å². The predicted octanol–water partition coefficient (Wildman–Crippen LogP) is 3.75. The number of aryl methyl sites for hydroxylation is 2. The van der Waals surface area contributed by atoms with Crippen LogP contribution in [-0.4, -0.2) is 22.6 Å². The Labute approximate surface area is 157 Å². The highest BCUT2D eigenvalue weighted by molar-refractivity contribution is 5.96. The summed E-state index contributed by atoms with van der Waals surface area (Å²) in [5.74, 6) is 0.822. The summed E-state index contributed by atoms with van der Waals surface area (Å²) in [6.45, 7) is 4.62. The van der Waals surface area contributed by atoms with Crippen molar-refractivity contribution >= 4 is 11.6 Å². The summed E-state index contributed by atoms with van der Waals surface area (Å²) in [5.41, 5.74) is 4.48. The van der Waals surface area contributed by atoms with Crippen molar-refractivity contribution in [2.45, 2.75) is 26.2 Å². The van der Waals surface area contributed by atoms with Gasteiger partial charge >= 0.3 is 0 Å². The van der Waals surface area contributed by atoms with Crippen LogP contribution < -0.4 is 4.90 Å². The lowest BCUT2D eigenvalue weighted by molar-refractivity contribution is -0.117. The van der Waals surface area contributed by atoms with Crippen molar-refractivity contribution in [3.63, 3.8) is 0 Å². The standard InChI is InChI=1S/C21H18N4O2/c1-13-6-7-18(8-14(13)2)25-12-17(10-19(25)26)20-23-21(27-24-20)16-5-3-4-15(9-16)11-22/h3-9,17H,10,12H2,1-2H3. The van der Waals surface area contributed by atoms with E-state index in [2.05, 4.69) is 23.1 Å². The second-order valence-corrected chi connectivity index (χ2v) is 6.82. The second kappa shape index (κ2) is 6.69. The molecule has 6 nitrogen and oxygen atoms in total. The van der Waals surface area contributed by atoms with E-state index >= 15 is 0 Å². The van der Waals surface area contributed by atoms with E-state index in [0.29, 0.717) is 35.8 Å². The number of carbonyl (C=O) groups excluding carboxylic acids is 1. The van der Waals surface area contributed by atoms with Crippen molar-refractivity contribution in [3.05, 3.63) is 65.0 Å². The van der Waals surface area contributed by atoms with Gasteiger partial charge in [-0.3, -0.25) is 4.79 Å². The lowest BCUT2D eigenvalue weighted by atomic mass is 10.1. The van der Waals surface area contributed by atoms with E-state index in [0.717, 1.165) is 11.3 Å². The third kappa shape index (κ3) is 3.20. The molecule has 0 saturated carbocycles. The lowest BCUT2D eigenvalue weighted by Crippen LogP contribution is -2.24. The number of nitriles is 1. The van der Waals surface area contributed by atoms with Gasteiger partial charge in [0.05, 0.1) is 11.6 Å². The van der Waals surface area contributed by atoms with Gasteiger partial charge in [-0.2, -0.15) is 10.2 Å². The second-order valence-electron chi connectivity index (χ2n) is 6.82. The van der Waals surface area contributed by atoms with Crippen LogP contribution in [0.1, 0.15) is 34.9 Å². The number of nitrogens with zero attached hydrogens (tertiary/aromatic N) is 4. The Kier molecular flexibility index (Phi) is 4.21. The Bertz CT molecular complexity index is 1060. The van der Waals surface area contributed by atoms with Crippen LogP contribution in [0.3, 0.4) is 0 Å². The van der Waals surface area contributed by atoms with E-state index in [4.69, 9.17) is 9.78 Å². The number of amides is 1. The molecule has 0 bridgehead atoms. The molecular formula is C21H18N4O2. The molecule has 1 amide bonds. The molecule has 3 aromatic rings. The SMILES string of the molecule is Cc1ccc(N2CC(c3noc(-c4cccc(C#N)c4)n3)CC2=O)cc1C. The molecule has 6 heteroatoms. The topological polar surface area (TPSA) is 83.0 Å². The Balaban J connectivity index is 1.57. The minimum absolute atomic E-state index is 0.0566. The molecule has 1 atom stereocenters. The molecular weight excluding hydrogens is 340 g/mol. The highest BCUT2D eigenvalue weighted by Crippen LogP contribution is 2.32. The minimum atomic E-state index is -0.115. The van der Waals surface area contributed by atoms with Gasteiger partial charge in [0, 0.05) is 30.1 Å². The summed E-state index contributed by atoms with van der Waals surface area (Å²) in [7, 11) is 0. The van der Waals surface area contributed by atoms with Gasteiger partial charge in [-0.05, 0) is 55.3 Å². The zero-order valence-corrected chi connectivity index (χ0v) is 15.1. The number of hydrogen-bond acceptors (Lipinski definition) is 5. The van der Waals surface area contributed by atoms with Crippen molar-refractivity contribution in [2.75, 3.05) is 11.4 Å². The molecule has 4 rings (SSSR count). The summed E-state index contributed by atoms with van der Waals surface area (Å²) in [6, 6.07) is 15.1. The first kappa shape index (κ1) is 17.0. The fourth-order valence-corrected chi connectivity index (χ4v) is 3.26. The molecule has 0 radical (unpaired) electrons. The van der Waals surface area contributed by atoms with Crippen LogP contribution in [0.15, 0.2) is 47.0 Å². The third-order valence-electron chi connectivity index (χ3n) is 4.97. The monoisotopic (exact) mass is 358 g/mol. The van der Waals surface area contributed by atoms with Crippen LogP contribution in [-0.2, 0) is 4.79 Å². The van der Waals surface area contributed by atoms with Crippen LogP contribution in [0, 0.1) is 25.2 Å². The van der Waals surface area contributed by atoms with Gasteiger partial charge in [-0.25, -0.2) is 0 Å². The van der Waals surface area contributed by atoms with Gasteiger partial charge < -0.3 is 9.42 Å². The fourth-order valence-electron chi connectivity index (χ4n) is 3.26. The van der Waals surface area contributed by atoms with E-state index in [-0.39, 0.29) is 11.8 Å². The van der Waals surface area contributed by atoms with Crippen molar-refractivity contribution in [1.29, 1.82) is 5.26 Å². The molecule has 1 aliphatic heterocycles. The molecule has 2 aromatic carbocycles. The van der Waals surface area contributed by atoms with Gasteiger partial charge in [0.1, 0.15) is 0 Å².